The molecular weight excluding hydrogens is 210 g/mol. The molecule has 0 aliphatic carbocycles. The first-order valence-corrected chi connectivity index (χ1v) is 6.69. The van der Waals surface area contributed by atoms with E-state index < -0.39 is 0 Å². The molecule has 17 heavy (non-hydrogen) atoms. The Hall–Kier alpha value is -0.930. The molecule has 1 saturated heterocycles. The van der Waals surface area contributed by atoms with E-state index in [2.05, 4.69) is 28.9 Å². The number of nitrogens with zero attached hydrogens (tertiary/aromatic N) is 2. The van der Waals surface area contributed by atoms with Gasteiger partial charge in [-0.15, -0.1) is 0 Å². The lowest BCUT2D eigenvalue weighted by Crippen LogP contribution is -2.32. The molecule has 0 aromatic carbocycles. The van der Waals surface area contributed by atoms with Crippen molar-refractivity contribution in [3.05, 3.63) is 30.1 Å². The van der Waals surface area contributed by atoms with E-state index in [1.54, 1.807) is 0 Å². The van der Waals surface area contributed by atoms with Crippen LogP contribution >= 0.6 is 0 Å². The SMILES string of the molecule is CCCC1CCN(C(CN)c2ccncc2)C1. The Labute approximate surface area is 104 Å². The number of rotatable bonds is 5. The van der Waals surface area contributed by atoms with Crippen LogP contribution in [0, 0.1) is 5.92 Å². The Morgan fingerprint density at radius 3 is 2.88 bits per heavy atom. The van der Waals surface area contributed by atoms with Gasteiger partial charge in [0.25, 0.3) is 0 Å². The molecule has 2 atom stereocenters. The van der Waals surface area contributed by atoms with E-state index in [1.165, 1.54) is 37.9 Å². The first kappa shape index (κ1) is 12.5. The summed E-state index contributed by atoms with van der Waals surface area (Å²) in [5.41, 5.74) is 7.25. The summed E-state index contributed by atoms with van der Waals surface area (Å²) in [7, 11) is 0. The Morgan fingerprint density at radius 2 is 2.24 bits per heavy atom. The average molecular weight is 233 g/mol. The molecule has 1 aromatic rings. The monoisotopic (exact) mass is 233 g/mol. The summed E-state index contributed by atoms with van der Waals surface area (Å²) < 4.78 is 0. The third-order valence-corrected chi connectivity index (χ3v) is 3.77. The summed E-state index contributed by atoms with van der Waals surface area (Å²) in [6.07, 6.45) is 7.69. The van der Waals surface area contributed by atoms with Crippen molar-refractivity contribution in [1.29, 1.82) is 0 Å². The molecule has 1 fully saturated rings. The topological polar surface area (TPSA) is 42.1 Å². The first-order chi connectivity index (χ1) is 8.35. The summed E-state index contributed by atoms with van der Waals surface area (Å²) in [6.45, 7) is 5.36. The lowest BCUT2D eigenvalue weighted by Gasteiger charge is -2.27. The maximum Gasteiger partial charge on any atom is 0.0471 e. The van der Waals surface area contributed by atoms with Gasteiger partial charge in [-0.2, -0.15) is 0 Å². The first-order valence-electron chi connectivity index (χ1n) is 6.69. The molecule has 1 aromatic heterocycles. The molecule has 1 aliphatic rings. The maximum atomic E-state index is 5.94. The van der Waals surface area contributed by atoms with Gasteiger partial charge in [-0.05, 0) is 43.0 Å². The molecule has 3 nitrogen and oxygen atoms in total. The van der Waals surface area contributed by atoms with Crippen molar-refractivity contribution in [3.63, 3.8) is 0 Å². The van der Waals surface area contributed by atoms with Gasteiger partial charge in [0.05, 0.1) is 0 Å². The third-order valence-electron chi connectivity index (χ3n) is 3.77. The lowest BCUT2D eigenvalue weighted by molar-refractivity contribution is 0.239. The van der Waals surface area contributed by atoms with Crippen molar-refractivity contribution in [1.82, 2.24) is 9.88 Å². The van der Waals surface area contributed by atoms with E-state index in [-0.39, 0.29) is 0 Å². The van der Waals surface area contributed by atoms with E-state index in [0.717, 1.165) is 5.92 Å². The molecule has 0 radical (unpaired) electrons. The predicted octanol–water partition coefficient (Wildman–Crippen LogP) is 2.20. The molecule has 0 bridgehead atoms. The number of pyridine rings is 1. The number of hydrogen-bond acceptors (Lipinski definition) is 3. The van der Waals surface area contributed by atoms with E-state index in [9.17, 15) is 0 Å². The lowest BCUT2D eigenvalue weighted by atomic mass is 10.0. The number of aromatic nitrogens is 1. The molecule has 0 amide bonds. The van der Waals surface area contributed by atoms with Crippen LogP contribution in [0.25, 0.3) is 0 Å². The van der Waals surface area contributed by atoms with Crippen molar-refractivity contribution in [3.8, 4) is 0 Å². The van der Waals surface area contributed by atoms with Crippen molar-refractivity contribution < 1.29 is 0 Å². The molecule has 0 saturated carbocycles. The molecule has 0 spiro atoms. The highest BCUT2D eigenvalue weighted by atomic mass is 15.2. The van der Waals surface area contributed by atoms with E-state index in [4.69, 9.17) is 5.73 Å². The Kier molecular flexibility index (Phi) is 4.51. The maximum absolute atomic E-state index is 5.94. The van der Waals surface area contributed by atoms with Gasteiger partial charge < -0.3 is 5.73 Å². The van der Waals surface area contributed by atoms with Crippen molar-refractivity contribution in [2.45, 2.75) is 32.2 Å². The van der Waals surface area contributed by atoms with Gasteiger partial charge in [0.2, 0.25) is 0 Å². The summed E-state index contributed by atoms with van der Waals surface area (Å²) in [6, 6.07) is 4.55. The highest BCUT2D eigenvalue weighted by Crippen LogP contribution is 2.28. The smallest absolute Gasteiger partial charge is 0.0471 e. The Bertz CT molecular complexity index is 325. The average Bonchev–Trinajstić information content (AvgIpc) is 2.81. The van der Waals surface area contributed by atoms with Crippen LogP contribution in [0.4, 0.5) is 0 Å². The third kappa shape index (κ3) is 3.05. The van der Waals surface area contributed by atoms with Crippen LogP contribution in [0.2, 0.25) is 0 Å². The molecule has 2 rings (SSSR count). The van der Waals surface area contributed by atoms with Crippen molar-refractivity contribution in [2.75, 3.05) is 19.6 Å². The Morgan fingerprint density at radius 1 is 1.47 bits per heavy atom. The van der Waals surface area contributed by atoms with Crippen LogP contribution in [-0.2, 0) is 0 Å². The molecule has 1 aliphatic heterocycles. The minimum absolute atomic E-state index is 0.375. The summed E-state index contributed by atoms with van der Waals surface area (Å²) >= 11 is 0. The van der Waals surface area contributed by atoms with Crippen LogP contribution < -0.4 is 5.73 Å². The molecular formula is C14H23N3. The van der Waals surface area contributed by atoms with Gasteiger partial charge in [0, 0.05) is 31.5 Å². The minimum Gasteiger partial charge on any atom is -0.329 e. The highest BCUT2D eigenvalue weighted by Gasteiger charge is 2.27. The standard InChI is InChI=1S/C14H23N3/c1-2-3-12-6-9-17(11-12)14(10-15)13-4-7-16-8-5-13/h4-5,7-8,12,14H,2-3,6,9-11,15H2,1H3. The quantitative estimate of drug-likeness (QED) is 0.848. The second-order valence-corrected chi connectivity index (χ2v) is 4.97. The fourth-order valence-corrected chi connectivity index (χ4v) is 2.87. The van der Waals surface area contributed by atoms with Gasteiger partial charge in [0.1, 0.15) is 0 Å². The van der Waals surface area contributed by atoms with E-state index in [1.807, 2.05) is 12.4 Å². The van der Waals surface area contributed by atoms with Gasteiger partial charge in [0.15, 0.2) is 0 Å². The molecule has 94 valence electrons. The van der Waals surface area contributed by atoms with Gasteiger partial charge in [-0.1, -0.05) is 13.3 Å². The van der Waals surface area contributed by atoms with Crippen LogP contribution in [0.3, 0.4) is 0 Å². The number of likely N-dealkylation sites (tertiary alicyclic amines) is 1. The normalized spacial score (nSPS) is 22.8. The fourth-order valence-electron chi connectivity index (χ4n) is 2.87. The van der Waals surface area contributed by atoms with Crippen LogP contribution in [0.5, 0.6) is 0 Å². The van der Waals surface area contributed by atoms with Crippen LogP contribution in [-0.4, -0.2) is 29.5 Å². The van der Waals surface area contributed by atoms with E-state index in [0.29, 0.717) is 12.6 Å². The van der Waals surface area contributed by atoms with Crippen LogP contribution in [0.15, 0.2) is 24.5 Å². The highest BCUT2D eigenvalue weighted by molar-refractivity contribution is 5.16. The molecule has 2 N–H and O–H groups in total. The Balaban J connectivity index is 2.01. The van der Waals surface area contributed by atoms with Crippen LogP contribution in [0.1, 0.15) is 37.8 Å². The second-order valence-electron chi connectivity index (χ2n) is 4.97. The van der Waals surface area contributed by atoms with Gasteiger partial charge in [-0.25, -0.2) is 0 Å². The largest absolute Gasteiger partial charge is 0.329 e. The van der Waals surface area contributed by atoms with Crippen molar-refractivity contribution in [2.24, 2.45) is 11.7 Å². The minimum atomic E-state index is 0.375. The molecule has 3 heteroatoms. The fraction of sp³-hybridized carbons (Fsp3) is 0.643. The summed E-state index contributed by atoms with van der Waals surface area (Å²) in [5.74, 6) is 0.871. The van der Waals surface area contributed by atoms with Gasteiger partial charge in [-0.3, -0.25) is 9.88 Å². The van der Waals surface area contributed by atoms with E-state index >= 15 is 0 Å². The number of nitrogens with two attached hydrogens (primary N) is 1. The second kappa shape index (κ2) is 6.12. The summed E-state index contributed by atoms with van der Waals surface area (Å²) in [5, 5.41) is 0. The molecule has 2 heterocycles. The zero-order valence-electron chi connectivity index (χ0n) is 10.7. The molecule has 2 unspecified atom stereocenters. The summed E-state index contributed by atoms with van der Waals surface area (Å²) in [4.78, 5) is 6.61. The number of hydrogen-bond donors (Lipinski definition) is 1. The predicted molar refractivity (Wildman–Crippen MR) is 70.6 cm³/mol. The van der Waals surface area contributed by atoms with Crippen molar-refractivity contribution >= 4 is 0 Å². The van der Waals surface area contributed by atoms with Gasteiger partial charge >= 0.3 is 0 Å². The zero-order chi connectivity index (χ0) is 12.1. The zero-order valence-corrected chi connectivity index (χ0v) is 10.7.